The third-order valence-electron chi connectivity index (χ3n) is 2.32. The van der Waals surface area contributed by atoms with E-state index >= 15 is 0 Å². The van der Waals surface area contributed by atoms with Gasteiger partial charge in [-0.2, -0.15) is 0 Å². The van der Waals surface area contributed by atoms with E-state index < -0.39 is 0 Å². The summed E-state index contributed by atoms with van der Waals surface area (Å²) in [6.45, 7) is 0.711. The molecule has 1 saturated heterocycles. The Bertz CT molecular complexity index is 337. The molecule has 3 heteroatoms. The third kappa shape index (κ3) is 1.68. The Labute approximate surface area is 81.9 Å². The maximum atomic E-state index is 11.0. The molecule has 1 fully saturated rings. The minimum Gasteiger partial charge on any atom is -0.355 e. The molecule has 0 spiro atoms. The van der Waals surface area contributed by atoms with Crippen molar-refractivity contribution in [2.75, 3.05) is 6.54 Å². The second-order valence-corrected chi connectivity index (χ2v) is 3.63. The van der Waals surface area contributed by atoms with Gasteiger partial charge in [-0.3, -0.25) is 4.79 Å². The smallest absolute Gasteiger partial charge is 0.220 e. The molecule has 1 amide bonds. The van der Waals surface area contributed by atoms with Gasteiger partial charge in [0.1, 0.15) is 0 Å². The number of carbonyl (C=O) groups excluding carboxylic acids is 1. The molecule has 0 aliphatic carbocycles. The fourth-order valence-corrected chi connectivity index (χ4v) is 1.92. The molecule has 0 unspecified atom stereocenters. The summed E-state index contributed by atoms with van der Waals surface area (Å²) in [4.78, 5) is 11.0. The summed E-state index contributed by atoms with van der Waals surface area (Å²) in [7, 11) is 0. The summed E-state index contributed by atoms with van der Waals surface area (Å²) in [6, 6.07) is 7.69. The highest BCUT2D eigenvalue weighted by Crippen LogP contribution is 2.28. The van der Waals surface area contributed by atoms with E-state index in [2.05, 4.69) is 5.32 Å². The Morgan fingerprint density at radius 3 is 2.77 bits per heavy atom. The normalized spacial score (nSPS) is 21.6. The fraction of sp³-hybridized carbons (Fsp3) is 0.300. The average molecular weight is 196 g/mol. The molecule has 1 aliphatic heterocycles. The molecule has 1 aromatic carbocycles. The first-order valence-corrected chi connectivity index (χ1v) is 4.66. The summed E-state index contributed by atoms with van der Waals surface area (Å²) in [5.74, 6) is 0.367. The van der Waals surface area contributed by atoms with Gasteiger partial charge in [0.25, 0.3) is 0 Å². The first-order valence-electron chi connectivity index (χ1n) is 4.28. The van der Waals surface area contributed by atoms with Gasteiger partial charge in [-0.05, 0) is 11.6 Å². The second-order valence-electron chi connectivity index (χ2n) is 3.23. The lowest BCUT2D eigenvalue weighted by Crippen LogP contribution is -2.13. The Hall–Kier alpha value is -1.02. The van der Waals surface area contributed by atoms with Gasteiger partial charge in [0, 0.05) is 23.9 Å². The van der Waals surface area contributed by atoms with Crippen molar-refractivity contribution in [2.24, 2.45) is 0 Å². The van der Waals surface area contributed by atoms with E-state index in [0.717, 1.165) is 10.6 Å². The van der Waals surface area contributed by atoms with Crippen molar-refractivity contribution in [3.63, 3.8) is 0 Å². The number of amides is 1. The van der Waals surface area contributed by atoms with Crippen molar-refractivity contribution < 1.29 is 4.79 Å². The number of benzene rings is 1. The van der Waals surface area contributed by atoms with Gasteiger partial charge in [-0.25, -0.2) is 0 Å². The molecule has 0 bridgehead atoms. The van der Waals surface area contributed by atoms with Gasteiger partial charge in [0.15, 0.2) is 0 Å². The van der Waals surface area contributed by atoms with Gasteiger partial charge in [-0.1, -0.05) is 29.8 Å². The molecule has 2 rings (SSSR count). The predicted molar refractivity (Wildman–Crippen MR) is 51.8 cm³/mol. The molecule has 0 saturated carbocycles. The maximum Gasteiger partial charge on any atom is 0.220 e. The molecule has 2 nitrogen and oxygen atoms in total. The van der Waals surface area contributed by atoms with Crippen LogP contribution in [0.4, 0.5) is 0 Å². The van der Waals surface area contributed by atoms with E-state index in [0.29, 0.717) is 13.0 Å². The number of hydrogen-bond acceptors (Lipinski definition) is 1. The highest BCUT2D eigenvalue weighted by Gasteiger charge is 2.24. The molecule has 1 atom stereocenters. The van der Waals surface area contributed by atoms with E-state index in [1.54, 1.807) is 0 Å². The minimum absolute atomic E-state index is 0.116. The SMILES string of the molecule is O=C1C[C@@H](c2ccccc2Cl)CN1. The van der Waals surface area contributed by atoms with Crippen LogP contribution in [0.25, 0.3) is 0 Å². The quantitative estimate of drug-likeness (QED) is 0.729. The number of rotatable bonds is 1. The van der Waals surface area contributed by atoms with Crippen LogP contribution in [0, 0.1) is 0 Å². The molecular weight excluding hydrogens is 186 g/mol. The molecule has 0 aromatic heterocycles. The van der Waals surface area contributed by atoms with E-state index in [-0.39, 0.29) is 11.8 Å². The van der Waals surface area contributed by atoms with Crippen molar-refractivity contribution in [1.82, 2.24) is 5.32 Å². The molecule has 1 aliphatic rings. The van der Waals surface area contributed by atoms with Gasteiger partial charge >= 0.3 is 0 Å². The van der Waals surface area contributed by atoms with Crippen molar-refractivity contribution in [2.45, 2.75) is 12.3 Å². The van der Waals surface area contributed by atoms with Crippen LogP contribution >= 0.6 is 11.6 Å². The molecule has 68 valence electrons. The van der Waals surface area contributed by atoms with Crippen molar-refractivity contribution in [1.29, 1.82) is 0 Å². The van der Waals surface area contributed by atoms with Crippen molar-refractivity contribution >= 4 is 17.5 Å². The van der Waals surface area contributed by atoms with Crippen LogP contribution in [-0.4, -0.2) is 12.5 Å². The van der Waals surface area contributed by atoms with Gasteiger partial charge in [0.05, 0.1) is 0 Å². The zero-order valence-corrected chi connectivity index (χ0v) is 7.84. The summed E-state index contributed by atoms with van der Waals surface area (Å²) in [5.41, 5.74) is 1.07. The summed E-state index contributed by atoms with van der Waals surface area (Å²) in [6.07, 6.45) is 0.559. The number of hydrogen-bond donors (Lipinski definition) is 1. The van der Waals surface area contributed by atoms with Gasteiger partial charge < -0.3 is 5.32 Å². The monoisotopic (exact) mass is 195 g/mol. The number of nitrogens with one attached hydrogen (secondary N) is 1. The van der Waals surface area contributed by atoms with Gasteiger partial charge in [0.2, 0.25) is 5.91 Å². The van der Waals surface area contributed by atoms with Crippen LogP contribution in [0.5, 0.6) is 0 Å². The molecule has 13 heavy (non-hydrogen) atoms. The summed E-state index contributed by atoms with van der Waals surface area (Å²) >= 11 is 6.01. The van der Waals surface area contributed by atoms with E-state index in [1.165, 1.54) is 0 Å². The minimum atomic E-state index is 0.116. The standard InChI is InChI=1S/C10H10ClNO/c11-9-4-2-1-3-8(9)7-5-10(13)12-6-7/h1-4,7H,5-6H2,(H,12,13)/t7-/m1/s1. The summed E-state index contributed by atoms with van der Waals surface area (Å²) < 4.78 is 0. The third-order valence-corrected chi connectivity index (χ3v) is 2.67. The van der Waals surface area contributed by atoms with E-state index in [9.17, 15) is 4.79 Å². The van der Waals surface area contributed by atoms with E-state index in [1.807, 2.05) is 24.3 Å². The van der Waals surface area contributed by atoms with Crippen LogP contribution in [0.3, 0.4) is 0 Å². The molecule has 1 heterocycles. The van der Waals surface area contributed by atoms with Gasteiger partial charge in [-0.15, -0.1) is 0 Å². The Balaban J connectivity index is 2.26. The first kappa shape index (κ1) is 8.57. The molecule has 1 N–H and O–H groups in total. The van der Waals surface area contributed by atoms with Crippen LogP contribution < -0.4 is 5.32 Å². The predicted octanol–water partition coefficient (Wildman–Crippen LogP) is 1.94. The zero-order chi connectivity index (χ0) is 9.26. The Morgan fingerprint density at radius 1 is 1.38 bits per heavy atom. The number of halogens is 1. The maximum absolute atomic E-state index is 11.0. The lowest BCUT2D eigenvalue weighted by atomic mass is 9.98. The van der Waals surface area contributed by atoms with Crippen LogP contribution in [-0.2, 0) is 4.79 Å². The largest absolute Gasteiger partial charge is 0.355 e. The average Bonchev–Trinajstić information content (AvgIpc) is 2.53. The van der Waals surface area contributed by atoms with Crippen molar-refractivity contribution in [3.8, 4) is 0 Å². The molecule has 1 aromatic rings. The van der Waals surface area contributed by atoms with Crippen LogP contribution in [0.15, 0.2) is 24.3 Å². The van der Waals surface area contributed by atoms with Crippen molar-refractivity contribution in [3.05, 3.63) is 34.9 Å². The summed E-state index contributed by atoms with van der Waals surface area (Å²) in [5, 5.41) is 3.55. The lowest BCUT2D eigenvalue weighted by Gasteiger charge is -2.08. The second kappa shape index (κ2) is 3.38. The lowest BCUT2D eigenvalue weighted by molar-refractivity contribution is -0.119. The highest BCUT2D eigenvalue weighted by atomic mass is 35.5. The van der Waals surface area contributed by atoms with E-state index in [4.69, 9.17) is 11.6 Å². The fourth-order valence-electron chi connectivity index (χ4n) is 1.63. The molecule has 0 radical (unpaired) electrons. The first-order chi connectivity index (χ1) is 6.27. The zero-order valence-electron chi connectivity index (χ0n) is 7.09. The number of carbonyl (C=O) groups is 1. The van der Waals surface area contributed by atoms with Crippen LogP contribution in [0.2, 0.25) is 5.02 Å². The Morgan fingerprint density at radius 2 is 2.15 bits per heavy atom. The molecular formula is C10H10ClNO. The van der Waals surface area contributed by atoms with Crippen LogP contribution in [0.1, 0.15) is 17.9 Å². The topological polar surface area (TPSA) is 29.1 Å². The highest BCUT2D eigenvalue weighted by molar-refractivity contribution is 6.31. The Kier molecular flexibility index (Phi) is 2.23.